The molecule has 0 saturated heterocycles. The summed E-state index contributed by atoms with van der Waals surface area (Å²) in [4.78, 5) is 0. The summed E-state index contributed by atoms with van der Waals surface area (Å²) in [6.07, 6.45) is 1.76. The maximum atomic E-state index is 6.49. The van der Waals surface area contributed by atoms with Gasteiger partial charge >= 0.3 is 0 Å². The minimum Gasteiger partial charge on any atom is -0.455 e. The van der Waals surface area contributed by atoms with Crippen molar-refractivity contribution in [2.45, 2.75) is 12.8 Å². The molecular formula is C92H59BrCl2N4O3. The first-order valence-electron chi connectivity index (χ1n) is 34.1. The van der Waals surface area contributed by atoms with Crippen molar-refractivity contribution < 1.29 is 13.3 Å². The van der Waals surface area contributed by atoms with Crippen LogP contribution in [-0.2, 0) is 12.8 Å². The van der Waals surface area contributed by atoms with E-state index in [1.54, 1.807) is 12.1 Å². The zero-order chi connectivity index (χ0) is 68.1. The van der Waals surface area contributed by atoms with Gasteiger partial charge in [0, 0.05) is 75.0 Å². The second-order valence-corrected chi connectivity index (χ2v) is 27.7. The van der Waals surface area contributed by atoms with E-state index >= 15 is 0 Å². The number of benzene rings is 15. The first kappa shape index (κ1) is 61.1. The van der Waals surface area contributed by atoms with E-state index in [-0.39, 0.29) is 0 Å². The first-order valence-corrected chi connectivity index (χ1v) is 35.6. The van der Waals surface area contributed by atoms with Gasteiger partial charge in [-0.3, -0.25) is 0 Å². The first-order chi connectivity index (χ1) is 50.3. The Hall–Kier alpha value is -12.0. The average molecular weight is 1420 g/mol. The molecule has 6 aromatic heterocycles. The van der Waals surface area contributed by atoms with Gasteiger partial charge in [-0.05, 0) is 198 Å². The van der Waals surface area contributed by atoms with Gasteiger partial charge in [0.25, 0.3) is 0 Å². The van der Waals surface area contributed by atoms with Gasteiger partial charge in [-0.2, -0.15) is 0 Å². The Kier molecular flexibility index (Phi) is 15.0. The molecule has 0 unspecified atom stereocenters. The van der Waals surface area contributed by atoms with E-state index in [2.05, 4.69) is 272 Å². The van der Waals surface area contributed by atoms with E-state index in [0.29, 0.717) is 10.7 Å². The summed E-state index contributed by atoms with van der Waals surface area (Å²) in [5, 5.41) is 15.5. The van der Waals surface area contributed by atoms with E-state index in [1.807, 2.05) is 66.7 Å². The topological polar surface area (TPSA) is 80.2 Å². The molecule has 486 valence electrons. The number of anilines is 1. The van der Waals surface area contributed by atoms with Gasteiger partial charge < -0.3 is 32.7 Å². The molecular weight excluding hydrogens is 1360 g/mol. The summed E-state index contributed by atoms with van der Waals surface area (Å²) in [6, 6.07) is 112. The van der Waals surface area contributed by atoms with Gasteiger partial charge in [-0.1, -0.05) is 209 Å². The number of nitrogens with zero attached hydrogens (tertiary/aromatic N) is 3. The summed E-state index contributed by atoms with van der Waals surface area (Å²) in [7, 11) is 0. The quantitative estimate of drug-likeness (QED) is 0.174. The van der Waals surface area contributed by atoms with Crippen molar-refractivity contribution in [2.24, 2.45) is 0 Å². The molecule has 0 radical (unpaired) electrons. The van der Waals surface area contributed by atoms with Gasteiger partial charge in [0.2, 0.25) is 0 Å². The molecule has 21 aromatic rings. The zero-order valence-corrected chi connectivity index (χ0v) is 57.9. The van der Waals surface area contributed by atoms with Gasteiger partial charge in [0.1, 0.15) is 33.5 Å². The molecule has 10 heteroatoms. The molecule has 22 rings (SSSR count). The smallest absolute Gasteiger partial charge is 0.145 e. The molecule has 15 aromatic carbocycles. The molecule has 0 atom stereocenters. The predicted molar refractivity (Wildman–Crippen MR) is 430 cm³/mol. The summed E-state index contributed by atoms with van der Waals surface area (Å²) >= 11 is 15.7. The largest absolute Gasteiger partial charge is 0.455 e. The van der Waals surface area contributed by atoms with Crippen LogP contribution in [-0.4, -0.2) is 13.7 Å². The lowest BCUT2D eigenvalue weighted by Crippen LogP contribution is -1.93. The van der Waals surface area contributed by atoms with Crippen molar-refractivity contribution in [3.05, 3.63) is 358 Å². The highest BCUT2D eigenvalue weighted by Crippen LogP contribution is 2.47. The molecule has 0 bridgehead atoms. The van der Waals surface area contributed by atoms with Crippen LogP contribution < -0.4 is 5.73 Å². The zero-order valence-electron chi connectivity index (χ0n) is 54.8. The third-order valence-corrected chi connectivity index (χ3v) is 21.3. The van der Waals surface area contributed by atoms with Crippen molar-refractivity contribution >= 4 is 176 Å². The Bertz CT molecular complexity index is 6860. The summed E-state index contributed by atoms with van der Waals surface area (Å²) < 4.78 is 27.4. The Morgan fingerprint density at radius 3 is 1.23 bits per heavy atom. The molecule has 0 aliphatic heterocycles. The highest BCUT2D eigenvalue weighted by atomic mass is 79.9. The van der Waals surface area contributed by atoms with Crippen LogP contribution in [0.2, 0.25) is 10.0 Å². The van der Waals surface area contributed by atoms with Crippen molar-refractivity contribution in [3.63, 3.8) is 0 Å². The van der Waals surface area contributed by atoms with Crippen molar-refractivity contribution in [2.75, 3.05) is 5.73 Å². The predicted octanol–water partition coefficient (Wildman–Crippen LogP) is 26.5. The molecule has 0 spiro atoms. The molecule has 1 aliphatic carbocycles. The Morgan fingerprint density at radius 1 is 0.314 bits per heavy atom. The third kappa shape index (κ3) is 10.2. The van der Waals surface area contributed by atoms with Crippen molar-refractivity contribution in [1.29, 1.82) is 0 Å². The summed E-state index contributed by atoms with van der Waals surface area (Å²) in [6.45, 7) is 0. The SMILES string of the molecule is Brc1ccc2c(c1)c1c3oc4ccccc4c3ccc1n2-c1ccccc1.Clc1ccccc1Cc1ccc2c(c1)c1c3oc4ccccc4c3ccc1n2-c1ccccc1.Nc1ccccc1Cl.c1ccc(-n2c3cc4c(cc3c3c5oc6ccccc6c5ccc32)Cc2ccccc2-4)cc1. The molecule has 1 aliphatic rings. The molecule has 102 heavy (non-hydrogen) atoms. The number of fused-ring (bicyclic) bond motifs is 24. The van der Waals surface area contributed by atoms with E-state index < -0.39 is 0 Å². The molecule has 0 saturated carbocycles. The van der Waals surface area contributed by atoms with E-state index in [4.69, 9.17) is 42.2 Å². The highest BCUT2D eigenvalue weighted by Gasteiger charge is 2.26. The lowest BCUT2D eigenvalue weighted by Gasteiger charge is -2.09. The molecule has 6 heterocycles. The van der Waals surface area contributed by atoms with Crippen LogP contribution in [0.1, 0.15) is 22.3 Å². The molecule has 7 nitrogen and oxygen atoms in total. The van der Waals surface area contributed by atoms with Crippen LogP contribution in [0.5, 0.6) is 0 Å². The number of hydrogen-bond acceptors (Lipinski definition) is 4. The van der Waals surface area contributed by atoms with Crippen molar-refractivity contribution in [3.8, 4) is 28.2 Å². The normalized spacial score (nSPS) is 11.9. The fourth-order valence-electron chi connectivity index (χ4n) is 15.5. The number of nitrogens with two attached hydrogens (primary N) is 1. The number of nitrogen functional groups attached to an aromatic ring is 1. The Balaban J connectivity index is 0.000000101. The van der Waals surface area contributed by atoms with Gasteiger partial charge in [-0.25, -0.2) is 0 Å². The fraction of sp³-hybridized carbons (Fsp3) is 0.0217. The average Bonchev–Trinajstić information content (AvgIpc) is 1.57. The number of rotatable bonds is 5. The summed E-state index contributed by atoms with van der Waals surface area (Å²) in [5.74, 6) is 0. The third-order valence-electron chi connectivity index (χ3n) is 20.1. The lowest BCUT2D eigenvalue weighted by molar-refractivity contribution is 0.672. The van der Waals surface area contributed by atoms with Crippen LogP contribution in [0.15, 0.2) is 339 Å². The Morgan fingerprint density at radius 2 is 0.725 bits per heavy atom. The van der Waals surface area contributed by atoms with E-state index in [9.17, 15) is 0 Å². The number of aromatic nitrogens is 3. The second-order valence-electron chi connectivity index (χ2n) is 26.0. The van der Waals surface area contributed by atoms with Gasteiger partial charge in [-0.15, -0.1) is 0 Å². The highest BCUT2D eigenvalue weighted by molar-refractivity contribution is 9.10. The second kappa shape index (κ2) is 25.0. The molecule has 0 amide bonds. The van der Waals surface area contributed by atoms with Crippen LogP contribution in [0.25, 0.3) is 159 Å². The van der Waals surface area contributed by atoms with E-state index in [0.717, 1.165) is 122 Å². The number of para-hydroxylation sites is 7. The van der Waals surface area contributed by atoms with Crippen LogP contribution >= 0.6 is 39.1 Å². The lowest BCUT2D eigenvalue weighted by atomic mass is 10.0. The number of hydrogen-bond donors (Lipinski definition) is 1. The fourth-order valence-corrected chi connectivity index (χ4v) is 16.2. The van der Waals surface area contributed by atoms with Gasteiger partial charge in [0.05, 0.1) is 60.0 Å². The number of halogens is 3. The minimum absolute atomic E-state index is 0.618. The Labute approximate surface area is 603 Å². The van der Waals surface area contributed by atoms with Crippen molar-refractivity contribution in [1.82, 2.24) is 13.7 Å². The molecule has 0 fully saturated rings. The maximum absolute atomic E-state index is 6.49. The molecule has 2 N–H and O–H groups in total. The van der Waals surface area contributed by atoms with Crippen LogP contribution in [0, 0.1) is 0 Å². The maximum Gasteiger partial charge on any atom is 0.145 e. The number of furan rings is 3. The van der Waals surface area contributed by atoms with Gasteiger partial charge in [0.15, 0.2) is 0 Å². The van der Waals surface area contributed by atoms with Crippen LogP contribution in [0.3, 0.4) is 0 Å². The van der Waals surface area contributed by atoms with E-state index in [1.165, 1.54) is 82.4 Å². The van der Waals surface area contributed by atoms with Crippen LogP contribution in [0.4, 0.5) is 5.69 Å². The minimum atomic E-state index is 0.618. The monoisotopic (exact) mass is 1420 g/mol. The standard InChI is InChI=1S/C31H20ClNO.C31H19NO.C24H14BrNO.C6H6ClN/c32-26-12-6-4-8-21(26)18-20-14-16-27-25(19-20)30-28(33(27)22-9-2-1-3-10-22)17-15-24-23-11-5-7-13-29(23)34-31(24)30;1-2-9-21(10-3-1)32-27-15-14-24-23-12-6-7-13-29(23)33-31(24)30(27)26-17-20-16-19-8-4-5-11-22(19)25(20)18-28(26)32;25-15-10-12-20-19(14-15)23-21(26(20)16-6-2-1-3-7-16)13-11-18-17-8-4-5-9-22(17)27-24(18)23;7-5-3-1-2-4-6(5)8/h1-17,19H,18H2;1-15,17-18H,16H2;1-14H;1-4H,8H2. The summed E-state index contributed by atoms with van der Waals surface area (Å²) in [5.41, 5.74) is 30.0.